The molecule has 0 amide bonds. The second-order valence-corrected chi connectivity index (χ2v) is 2.80. The van der Waals surface area contributed by atoms with E-state index in [-0.39, 0.29) is 5.15 Å². The Kier molecular flexibility index (Phi) is 1.57. The van der Waals surface area contributed by atoms with E-state index in [1.54, 1.807) is 0 Å². The Morgan fingerprint density at radius 1 is 1.62 bits per heavy atom. The summed E-state index contributed by atoms with van der Waals surface area (Å²) in [6, 6.07) is 3.42. The largest absolute Gasteiger partial charge is 0.383 e. The minimum Gasteiger partial charge on any atom is -0.383 e. The van der Waals surface area contributed by atoms with Gasteiger partial charge in [-0.05, 0) is 0 Å². The Balaban J connectivity index is 2.92. The molecule has 5 nitrogen and oxygen atoms in total. The molecule has 0 atom stereocenters. The van der Waals surface area contributed by atoms with Crippen LogP contribution in [0.2, 0.25) is 5.15 Å². The Hall–Kier alpha value is -1.80. The van der Waals surface area contributed by atoms with E-state index in [0.29, 0.717) is 17.0 Å². The first-order valence-electron chi connectivity index (χ1n) is 3.42. The van der Waals surface area contributed by atoms with Crippen molar-refractivity contribution in [3.8, 4) is 6.07 Å². The van der Waals surface area contributed by atoms with Gasteiger partial charge in [0.15, 0.2) is 5.65 Å². The molecule has 0 spiro atoms. The highest BCUT2D eigenvalue weighted by Crippen LogP contribution is 2.15. The van der Waals surface area contributed by atoms with E-state index in [1.807, 2.05) is 6.07 Å². The number of hydrogen-bond donors (Lipinski definition) is 1. The van der Waals surface area contributed by atoms with Crippen LogP contribution >= 0.6 is 11.6 Å². The monoisotopic (exact) mass is 193 g/mol. The summed E-state index contributed by atoms with van der Waals surface area (Å²) in [7, 11) is 0. The zero-order valence-electron chi connectivity index (χ0n) is 6.40. The minimum absolute atomic E-state index is 0.252. The molecule has 2 heterocycles. The highest BCUT2D eigenvalue weighted by atomic mass is 35.5. The van der Waals surface area contributed by atoms with Gasteiger partial charge < -0.3 is 5.73 Å². The summed E-state index contributed by atoms with van der Waals surface area (Å²) >= 11 is 5.67. The third kappa shape index (κ3) is 1.08. The standard InChI is InChI=1S/C7H4ClN5/c8-5-1-6(10)13-7(12-5)4(2-9)3-11-13/h1,3H,10H2. The van der Waals surface area contributed by atoms with E-state index in [9.17, 15) is 0 Å². The van der Waals surface area contributed by atoms with Crippen LogP contribution in [0, 0.1) is 11.3 Å². The molecule has 6 heteroatoms. The fraction of sp³-hybridized carbons (Fsp3) is 0. The van der Waals surface area contributed by atoms with Gasteiger partial charge in [0, 0.05) is 6.07 Å². The maximum absolute atomic E-state index is 8.68. The lowest BCUT2D eigenvalue weighted by Crippen LogP contribution is -1.99. The molecule has 0 aliphatic carbocycles. The van der Waals surface area contributed by atoms with Crippen LogP contribution in [0.15, 0.2) is 12.3 Å². The van der Waals surface area contributed by atoms with Gasteiger partial charge in [0.05, 0.1) is 6.20 Å². The minimum atomic E-state index is 0.252. The summed E-state index contributed by atoms with van der Waals surface area (Å²) in [6.45, 7) is 0. The van der Waals surface area contributed by atoms with Crippen molar-refractivity contribution in [3.05, 3.63) is 23.0 Å². The van der Waals surface area contributed by atoms with Gasteiger partial charge in [0.25, 0.3) is 0 Å². The number of rotatable bonds is 0. The lowest BCUT2D eigenvalue weighted by atomic mass is 10.4. The van der Waals surface area contributed by atoms with Crippen LogP contribution in [0.4, 0.5) is 5.82 Å². The molecule has 0 aromatic carbocycles. The van der Waals surface area contributed by atoms with Gasteiger partial charge in [0.2, 0.25) is 0 Å². The molecular formula is C7H4ClN5. The van der Waals surface area contributed by atoms with Crippen LogP contribution in [-0.2, 0) is 0 Å². The topological polar surface area (TPSA) is 80.0 Å². The van der Waals surface area contributed by atoms with Crippen molar-refractivity contribution in [1.82, 2.24) is 14.6 Å². The molecular weight excluding hydrogens is 190 g/mol. The molecule has 0 aliphatic heterocycles. The van der Waals surface area contributed by atoms with Gasteiger partial charge in [-0.15, -0.1) is 0 Å². The summed E-state index contributed by atoms with van der Waals surface area (Å²) in [4.78, 5) is 3.93. The molecule has 0 fully saturated rings. The number of fused-ring (bicyclic) bond motifs is 1. The fourth-order valence-corrected chi connectivity index (χ4v) is 1.23. The van der Waals surface area contributed by atoms with Crippen molar-refractivity contribution < 1.29 is 0 Å². The van der Waals surface area contributed by atoms with Crippen molar-refractivity contribution in [2.75, 3.05) is 5.73 Å². The lowest BCUT2D eigenvalue weighted by molar-refractivity contribution is 0.952. The summed E-state index contributed by atoms with van der Waals surface area (Å²) in [6.07, 6.45) is 1.40. The van der Waals surface area contributed by atoms with Crippen molar-refractivity contribution in [3.63, 3.8) is 0 Å². The number of nitrogen functional groups attached to an aromatic ring is 1. The van der Waals surface area contributed by atoms with Gasteiger partial charge in [0.1, 0.15) is 22.6 Å². The second-order valence-electron chi connectivity index (χ2n) is 2.41. The third-order valence-corrected chi connectivity index (χ3v) is 1.78. The average Bonchev–Trinajstić information content (AvgIpc) is 2.47. The smallest absolute Gasteiger partial charge is 0.176 e. The summed E-state index contributed by atoms with van der Waals surface area (Å²) in [5, 5.41) is 12.8. The number of aromatic nitrogens is 3. The Labute approximate surface area is 78.4 Å². The number of anilines is 1. The Bertz CT molecular complexity index is 509. The quantitative estimate of drug-likeness (QED) is 0.629. The molecule has 0 radical (unpaired) electrons. The normalized spacial score (nSPS) is 10.2. The highest BCUT2D eigenvalue weighted by Gasteiger charge is 2.07. The first kappa shape index (κ1) is 7.83. The molecule has 2 aromatic rings. The SMILES string of the molecule is N#Cc1cnn2c(N)cc(Cl)nc12. The summed E-state index contributed by atoms with van der Waals surface area (Å²) in [5.74, 6) is 0.358. The molecule has 2 rings (SSSR count). The number of hydrogen-bond acceptors (Lipinski definition) is 4. The first-order chi connectivity index (χ1) is 6.22. The highest BCUT2D eigenvalue weighted by molar-refractivity contribution is 6.29. The van der Waals surface area contributed by atoms with Crippen LogP contribution in [-0.4, -0.2) is 14.6 Å². The van der Waals surface area contributed by atoms with Crippen molar-refractivity contribution in [2.45, 2.75) is 0 Å². The van der Waals surface area contributed by atoms with Crippen LogP contribution in [0.5, 0.6) is 0 Å². The summed E-state index contributed by atoms with van der Waals surface area (Å²) < 4.78 is 1.37. The number of halogens is 1. The predicted octanol–water partition coefficient (Wildman–Crippen LogP) is 0.837. The number of nitrogens with two attached hydrogens (primary N) is 1. The lowest BCUT2D eigenvalue weighted by Gasteiger charge is -1.97. The van der Waals surface area contributed by atoms with Gasteiger partial charge in [-0.2, -0.15) is 14.9 Å². The van der Waals surface area contributed by atoms with E-state index < -0.39 is 0 Å². The molecule has 64 valence electrons. The maximum atomic E-state index is 8.68. The summed E-state index contributed by atoms with van der Waals surface area (Å²) in [5.41, 5.74) is 6.33. The van der Waals surface area contributed by atoms with Crippen molar-refractivity contribution in [1.29, 1.82) is 5.26 Å². The van der Waals surface area contributed by atoms with Crippen LogP contribution in [0.25, 0.3) is 5.65 Å². The molecule has 0 unspecified atom stereocenters. The van der Waals surface area contributed by atoms with Crippen molar-refractivity contribution >= 4 is 23.1 Å². The van der Waals surface area contributed by atoms with Crippen LogP contribution < -0.4 is 5.73 Å². The molecule has 0 bridgehead atoms. The van der Waals surface area contributed by atoms with Crippen molar-refractivity contribution in [2.24, 2.45) is 0 Å². The van der Waals surface area contributed by atoms with Gasteiger partial charge in [-0.25, -0.2) is 4.98 Å². The fourth-order valence-electron chi connectivity index (χ4n) is 1.03. The zero-order chi connectivity index (χ0) is 9.42. The number of nitriles is 1. The third-order valence-electron chi connectivity index (χ3n) is 1.59. The molecule has 0 saturated heterocycles. The maximum Gasteiger partial charge on any atom is 0.176 e. The molecule has 13 heavy (non-hydrogen) atoms. The van der Waals surface area contributed by atoms with E-state index in [0.717, 1.165) is 0 Å². The molecule has 2 aromatic heterocycles. The number of nitrogens with zero attached hydrogens (tertiary/aromatic N) is 4. The van der Waals surface area contributed by atoms with E-state index in [2.05, 4.69) is 10.1 Å². The van der Waals surface area contributed by atoms with E-state index in [1.165, 1.54) is 16.8 Å². The van der Waals surface area contributed by atoms with Gasteiger partial charge in [-0.3, -0.25) is 0 Å². The van der Waals surface area contributed by atoms with E-state index >= 15 is 0 Å². The Morgan fingerprint density at radius 2 is 2.38 bits per heavy atom. The average molecular weight is 194 g/mol. The van der Waals surface area contributed by atoms with Gasteiger partial charge >= 0.3 is 0 Å². The van der Waals surface area contributed by atoms with Gasteiger partial charge in [-0.1, -0.05) is 11.6 Å². The van der Waals surface area contributed by atoms with Crippen LogP contribution in [0.3, 0.4) is 0 Å². The second kappa shape index (κ2) is 2.61. The zero-order valence-corrected chi connectivity index (χ0v) is 7.15. The molecule has 0 aliphatic rings. The molecule has 2 N–H and O–H groups in total. The Morgan fingerprint density at radius 3 is 3.08 bits per heavy atom. The first-order valence-corrected chi connectivity index (χ1v) is 3.80. The van der Waals surface area contributed by atoms with Crippen LogP contribution in [0.1, 0.15) is 5.56 Å². The molecule has 0 saturated carbocycles. The van der Waals surface area contributed by atoms with E-state index in [4.69, 9.17) is 22.6 Å². The predicted molar refractivity (Wildman–Crippen MR) is 47.1 cm³/mol.